The van der Waals surface area contributed by atoms with E-state index in [-0.39, 0.29) is 11.3 Å². The highest BCUT2D eigenvalue weighted by Crippen LogP contribution is 2.22. The average Bonchev–Trinajstić information content (AvgIpc) is 2.53. The Labute approximate surface area is 136 Å². The molecule has 0 spiro atoms. The number of benzene rings is 2. The lowest BCUT2D eigenvalue weighted by Gasteiger charge is -2.19. The first-order chi connectivity index (χ1) is 10.8. The normalized spacial score (nSPS) is 11.2. The Morgan fingerprint density at radius 3 is 2.13 bits per heavy atom. The van der Waals surface area contributed by atoms with Gasteiger partial charge >= 0.3 is 5.97 Å². The molecule has 2 aromatic carbocycles. The minimum absolute atomic E-state index is 0.0232. The Kier molecular flexibility index (Phi) is 5.05. The molecule has 0 aromatic heterocycles. The highest BCUT2D eigenvalue weighted by Gasteiger charge is 2.21. The maximum atomic E-state index is 12.6. The molecule has 6 heteroatoms. The number of carbonyl (C=O) groups is 1. The molecule has 2 rings (SSSR count). The van der Waals surface area contributed by atoms with Crippen molar-refractivity contribution in [2.75, 3.05) is 11.4 Å². The van der Waals surface area contributed by atoms with Gasteiger partial charge < -0.3 is 5.11 Å². The van der Waals surface area contributed by atoms with Crippen LogP contribution in [0.4, 0.5) is 5.69 Å². The first-order valence-electron chi connectivity index (χ1n) is 7.17. The van der Waals surface area contributed by atoms with E-state index in [0.29, 0.717) is 12.1 Å². The summed E-state index contributed by atoms with van der Waals surface area (Å²) < 4.78 is 26.5. The van der Waals surface area contributed by atoms with Gasteiger partial charge in [-0.1, -0.05) is 29.8 Å². The molecular weight excluding hydrogens is 314 g/mol. The van der Waals surface area contributed by atoms with Gasteiger partial charge in [-0.25, -0.2) is 8.42 Å². The summed E-state index contributed by atoms with van der Waals surface area (Å²) in [4.78, 5) is 10.7. The predicted molar refractivity (Wildman–Crippen MR) is 89.2 cm³/mol. The number of aryl methyl sites for hydroxylation is 2. The molecular formula is C17H19NO4S. The van der Waals surface area contributed by atoms with Crippen molar-refractivity contribution < 1.29 is 18.3 Å². The van der Waals surface area contributed by atoms with Crippen LogP contribution in [0.3, 0.4) is 0 Å². The Hall–Kier alpha value is -2.34. The molecule has 0 unspecified atom stereocenters. The summed E-state index contributed by atoms with van der Waals surface area (Å²) in [7, 11) is -2.12. The van der Waals surface area contributed by atoms with Crippen LogP contribution < -0.4 is 4.31 Å². The Morgan fingerprint density at radius 1 is 1.04 bits per heavy atom. The molecule has 0 fully saturated rings. The van der Waals surface area contributed by atoms with Crippen molar-refractivity contribution in [2.24, 2.45) is 0 Å². The Bertz CT molecular complexity index is 780. The minimum atomic E-state index is -3.64. The number of rotatable bonds is 6. The van der Waals surface area contributed by atoms with E-state index in [2.05, 4.69) is 0 Å². The van der Waals surface area contributed by atoms with Crippen molar-refractivity contribution in [2.45, 2.75) is 24.7 Å². The molecule has 0 aliphatic heterocycles. The van der Waals surface area contributed by atoms with Crippen molar-refractivity contribution >= 4 is 21.7 Å². The fraction of sp³-hybridized carbons (Fsp3) is 0.235. The molecule has 0 saturated heterocycles. The van der Waals surface area contributed by atoms with E-state index in [9.17, 15) is 13.2 Å². The van der Waals surface area contributed by atoms with E-state index in [0.717, 1.165) is 11.1 Å². The summed E-state index contributed by atoms with van der Waals surface area (Å²) in [6, 6.07) is 13.6. The number of carboxylic acids is 1. The summed E-state index contributed by atoms with van der Waals surface area (Å²) in [5.41, 5.74) is 2.44. The van der Waals surface area contributed by atoms with Gasteiger partial charge in [-0.3, -0.25) is 9.10 Å². The van der Waals surface area contributed by atoms with Crippen LogP contribution in [0.1, 0.15) is 17.5 Å². The second kappa shape index (κ2) is 6.83. The van der Waals surface area contributed by atoms with Gasteiger partial charge in [0.15, 0.2) is 0 Å². The fourth-order valence-electron chi connectivity index (χ4n) is 2.13. The standard InChI is InChI=1S/C17H19NO4S/c1-13-3-8-15(9-4-13)18(2)23(21,22)16-10-5-14(6-11-16)7-12-17(19)20/h3-6,8-11H,7,12H2,1-2H3,(H,19,20). The van der Waals surface area contributed by atoms with Crippen LogP contribution >= 0.6 is 0 Å². The van der Waals surface area contributed by atoms with E-state index >= 15 is 0 Å². The maximum Gasteiger partial charge on any atom is 0.303 e. The molecule has 23 heavy (non-hydrogen) atoms. The lowest BCUT2D eigenvalue weighted by atomic mass is 10.1. The summed E-state index contributed by atoms with van der Waals surface area (Å²) in [6.45, 7) is 1.94. The van der Waals surface area contributed by atoms with E-state index in [4.69, 9.17) is 5.11 Å². The zero-order valence-electron chi connectivity index (χ0n) is 13.1. The number of carboxylic acid groups (broad SMARTS) is 1. The van der Waals surface area contributed by atoms with Gasteiger partial charge in [0.25, 0.3) is 10.0 Å². The fourth-order valence-corrected chi connectivity index (χ4v) is 3.33. The van der Waals surface area contributed by atoms with Crippen LogP contribution in [-0.4, -0.2) is 26.5 Å². The highest BCUT2D eigenvalue weighted by molar-refractivity contribution is 7.92. The lowest BCUT2D eigenvalue weighted by Crippen LogP contribution is -2.26. The van der Waals surface area contributed by atoms with Gasteiger partial charge in [-0.15, -0.1) is 0 Å². The number of hydrogen-bond donors (Lipinski definition) is 1. The topological polar surface area (TPSA) is 74.7 Å². The van der Waals surface area contributed by atoms with Crippen LogP contribution in [-0.2, 0) is 21.2 Å². The summed E-state index contributed by atoms with van der Waals surface area (Å²) in [5, 5.41) is 8.67. The van der Waals surface area contributed by atoms with Crippen LogP contribution in [0, 0.1) is 6.92 Å². The molecule has 0 atom stereocenters. The monoisotopic (exact) mass is 333 g/mol. The molecule has 1 N–H and O–H groups in total. The van der Waals surface area contributed by atoms with Crippen molar-refractivity contribution in [1.82, 2.24) is 0 Å². The van der Waals surface area contributed by atoms with Gasteiger partial charge in [0, 0.05) is 13.5 Å². The Balaban J connectivity index is 2.21. The highest BCUT2D eigenvalue weighted by atomic mass is 32.2. The molecule has 0 aliphatic rings. The van der Waals surface area contributed by atoms with E-state index in [1.807, 2.05) is 19.1 Å². The predicted octanol–water partition coefficient (Wildman–Crippen LogP) is 2.84. The summed E-state index contributed by atoms with van der Waals surface area (Å²) >= 11 is 0. The molecule has 122 valence electrons. The third-order valence-corrected chi connectivity index (χ3v) is 5.41. The molecule has 0 amide bonds. The number of anilines is 1. The zero-order chi connectivity index (χ0) is 17.0. The minimum Gasteiger partial charge on any atom is -0.481 e. The van der Waals surface area contributed by atoms with Crippen LogP contribution in [0.15, 0.2) is 53.4 Å². The number of aliphatic carboxylic acids is 1. The van der Waals surface area contributed by atoms with Gasteiger partial charge in [0.1, 0.15) is 0 Å². The first-order valence-corrected chi connectivity index (χ1v) is 8.61. The molecule has 5 nitrogen and oxygen atoms in total. The van der Waals surface area contributed by atoms with Gasteiger partial charge in [0.05, 0.1) is 10.6 Å². The van der Waals surface area contributed by atoms with E-state index < -0.39 is 16.0 Å². The molecule has 2 aromatic rings. The van der Waals surface area contributed by atoms with E-state index in [1.54, 1.807) is 24.3 Å². The van der Waals surface area contributed by atoms with Gasteiger partial charge in [-0.05, 0) is 43.2 Å². The smallest absolute Gasteiger partial charge is 0.303 e. The quantitative estimate of drug-likeness (QED) is 0.882. The molecule has 0 heterocycles. The Morgan fingerprint density at radius 2 is 1.61 bits per heavy atom. The second-order valence-electron chi connectivity index (χ2n) is 5.35. The number of sulfonamides is 1. The van der Waals surface area contributed by atoms with Crippen molar-refractivity contribution in [3.8, 4) is 0 Å². The molecule has 0 saturated carbocycles. The average molecular weight is 333 g/mol. The SMILES string of the molecule is Cc1ccc(N(C)S(=O)(=O)c2ccc(CCC(=O)O)cc2)cc1. The van der Waals surface area contributed by atoms with Crippen molar-refractivity contribution in [1.29, 1.82) is 0 Å². The second-order valence-corrected chi connectivity index (χ2v) is 7.32. The van der Waals surface area contributed by atoms with Crippen LogP contribution in [0.2, 0.25) is 0 Å². The lowest BCUT2D eigenvalue weighted by molar-refractivity contribution is -0.136. The van der Waals surface area contributed by atoms with Crippen molar-refractivity contribution in [3.05, 3.63) is 59.7 Å². The van der Waals surface area contributed by atoms with E-state index in [1.165, 1.54) is 23.5 Å². The number of nitrogens with zero attached hydrogens (tertiary/aromatic N) is 1. The van der Waals surface area contributed by atoms with Gasteiger partial charge in [-0.2, -0.15) is 0 Å². The largest absolute Gasteiger partial charge is 0.481 e. The molecule has 0 aliphatic carbocycles. The van der Waals surface area contributed by atoms with Crippen LogP contribution in [0.25, 0.3) is 0 Å². The third kappa shape index (κ3) is 4.10. The summed E-state index contributed by atoms with van der Waals surface area (Å²) in [5.74, 6) is -0.874. The molecule has 0 radical (unpaired) electrons. The summed E-state index contributed by atoms with van der Waals surface area (Å²) in [6.07, 6.45) is 0.402. The molecule has 0 bridgehead atoms. The van der Waals surface area contributed by atoms with Crippen molar-refractivity contribution in [3.63, 3.8) is 0 Å². The maximum absolute atomic E-state index is 12.6. The first kappa shape index (κ1) is 17.0. The van der Waals surface area contributed by atoms with Gasteiger partial charge in [0.2, 0.25) is 0 Å². The third-order valence-electron chi connectivity index (χ3n) is 3.61. The van der Waals surface area contributed by atoms with Crippen LogP contribution in [0.5, 0.6) is 0 Å². The number of hydrogen-bond acceptors (Lipinski definition) is 3. The zero-order valence-corrected chi connectivity index (χ0v) is 13.9.